The van der Waals surface area contributed by atoms with Gasteiger partial charge < -0.3 is 14.8 Å². The molecule has 0 saturated carbocycles. The summed E-state index contributed by atoms with van der Waals surface area (Å²) in [6, 6.07) is 16.3. The van der Waals surface area contributed by atoms with Crippen LogP contribution in [0.5, 0.6) is 11.5 Å². The first-order chi connectivity index (χ1) is 16.2. The molecule has 0 heterocycles. The number of halogens is 2. The molecular formula is C24H22BrClN2O5S. The van der Waals surface area contributed by atoms with Gasteiger partial charge in [0.05, 0.1) is 31.3 Å². The number of carbonyl (C=O) groups excluding carboxylic acids is 1. The van der Waals surface area contributed by atoms with E-state index in [4.69, 9.17) is 21.1 Å². The number of methoxy groups -OCH3 is 2. The van der Waals surface area contributed by atoms with E-state index in [1.54, 1.807) is 43.3 Å². The smallest absolute Gasteiger partial charge is 0.264 e. The van der Waals surface area contributed by atoms with Gasteiger partial charge in [-0.2, -0.15) is 0 Å². The van der Waals surface area contributed by atoms with E-state index < -0.39 is 10.0 Å². The van der Waals surface area contributed by atoms with E-state index in [0.29, 0.717) is 27.7 Å². The van der Waals surface area contributed by atoms with E-state index in [9.17, 15) is 13.2 Å². The number of rotatable bonds is 9. The van der Waals surface area contributed by atoms with Crippen molar-refractivity contribution in [2.45, 2.75) is 11.8 Å². The number of nitrogens with zero attached hydrogens (tertiary/aromatic N) is 1. The molecule has 0 amide bonds. The number of benzene rings is 3. The highest BCUT2D eigenvalue weighted by Gasteiger charge is 2.29. The Morgan fingerprint density at radius 3 is 2.32 bits per heavy atom. The molecule has 34 heavy (non-hydrogen) atoms. The second-order valence-corrected chi connectivity index (χ2v) is 10.4. The monoisotopic (exact) mass is 564 g/mol. The van der Waals surface area contributed by atoms with E-state index in [1.807, 2.05) is 5.94 Å². The first kappa shape index (κ1) is 25.6. The third kappa shape index (κ3) is 5.74. The fourth-order valence-electron chi connectivity index (χ4n) is 3.20. The molecule has 3 aromatic rings. The molecule has 0 aromatic heterocycles. The average Bonchev–Trinajstić information content (AvgIpc) is 2.84. The molecular weight excluding hydrogens is 544 g/mol. The van der Waals surface area contributed by atoms with Crippen LogP contribution in [-0.2, 0) is 14.8 Å². The Bertz CT molecular complexity index is 1340. The molecule has 0 aliphatic rings. The van der Waals surface area contributed by atoms with Crippen LogP contribution in [0.4, 0.5) is 11.4 Å². The van der Waals surface area contributed by atoms with Crippen molar-refractivity contribution in [3.05, 3.63) is 81.4 Å². The van der Waals surface area contributed by atoms with Crippen molar-refractivity contribution in [1.82, 2.24) is 0 Å². The van der Waals surface area contributed by atoms with Gasteiger partial charge in [-0.3, -0.25) is 4.31 Å². The van der Waals surface area contributed by atoms with Gasteiger partial charge in [0.25, 0.3) is 10.0 Å². The van der Waals surface area contributed by atoms with E-state index in [2.05, 4.69) is 21.2 Å². The summed E-state index contributed by atoms with van der Waals surface area (Å²) in [5.74, 6) is 2.47. The third-order valence-electron chi connectivity index (χ3n) is 4.95. The van der Waals surface area contributed by atoms with Crippen LogP contribution in [0, 0.1) is 6.92 Å². The van der Waals surface area contributed by atoms with Crippen molar-refractivity contribution in [3.8, 4) is 11.5 Å². The number of sulfonamides is 1. The number of hydrogen-bond acceptors (Lipinski definition) is 6. The molecule has 0 unspecified atom stereocenters. The molecule has 0 radical (unpaired) electrons. The van der Waals surface area contributed by atoms with Crippen molar-refractivity contribution in [1.29, 1.82) is 0 Å². The summed E-state index contributed by atoms with van der Waals surface area (Å²) < 4.78 is 40.1. The Morgan fingerprint density at radius 2 is 1.71 bits per heavy atom. The average molecular weight is 566 g/mol. The maximum absolute atomic E-state index is 13.8. The second-order valence-electron chi connectivity index (χ2n) is 7.17. The summed E-state index contributed by atoms with van der Waals surface area (Å²) in [6.07, 6.45) is 0. The van der Waals surface area contributed by atoms with Crippen LogP contribution < -0.4 is 19.1 Å². The number of anilines is 2. The van der Waals surface area contributed by atoms with Crippen LogP contribution in [0.2, 0.25) is 5.02 Å². The minimum absolute atomic E-state index is 0.0192. The Morgan fingerprint density at radius 1 is 1.03 bits per heavy atom. The van der Waals surface area contributed by atoms with Gasteiger partial charge in [-0.1, -0.05) is 33.6 Å². The second kappa shape index (κ2) is 11.0. The normalized spacial score (nSPS) is 10.9. The zero-order valence-corrected chi connectivity index (χ0v) is 21.8. The van der Waals surface area contributed by atoms with Crippen molar-refractivity contribution < 1.29 is 22.7 Å². The summed E-state index contributed by atoms with van der Waals surface area (Å²) in [5.41, 5.74) is 1.61. The molecule has 10 heteroatoms. The van der Waals surface area contributed by atoms with Crippen LogP contribution in [0.25, 0.3) is 0 Å². The van der Waals surface area contributed by atoms with Gasteiger partial charge in [-0.15, -0.1) is 0 Å². The lowest BCUT2D eigenvalue weighted by Crippen LogP contribution is -2.35. The molecule has 1 N–H and O–H groups in total. The molecule has 0 atom stereocenters. The van der Waals surface area contributed by atoms with Gasteiger partial charge in [0.2, 0.25) is 0 Å². The molecule has 7 nitrogen and oxygen atoms in total. The summed E-state index contributed by atoms with van der Waals surface area (Å²) in [4.78, 5) is 11.8. The van der Waals surface area contributed by atoms with Gasteiger partial charge in [-0.05, 0) is 61.0 Å². The highest BCUT2D eigenvalue weighted by atomic mass is 79.9. The number of aryl methyl sites for hydroxylation is 1. The Hall–Kier alpha value is -2.97. The maximum Gasteiger partial charge on any atom is 0.264 e. The first-order valence-electron chi connectivity index (χ1n) is 9.97. The van der Waals surface area contributed by atoms with Crippen molar-refractivity contribution in [3.63, 3.8) is 0 Å². The van der Waals surface area contributed by atoms with Gasteiger partial charge in [0, 0.05) is 21.2 Å². The van der Waals surface area contributed by atoms with Crippen molar-refractivity contribution in [2.24, 2.45) is 0 Å². The SMILES string of the molecule is COc1ccc(S(=O)(=O)N(CC(=C=O)Nc2ccc(Br)cc2)c2cc(Cl)ccc2C)cc1OC. The summed E-state index contributed by atoms with van der Waals surface area (Å²) in [6.45, 7) is 1.45. The highest BCUT2D eigenvalue weighted by Crippen LogP contribution is 2.34. The zero-order chi connectivity index (χ0) is 24.9. The minimum atomic E-state index is -4.16. The van der Waals surface area contributed by atoms with Gasteiger partial charge in [-0.25, -0.2) is 13.2 Å². The minimum Gasteiger partial charge on any atom is -0.493 e. The van der Waals surface area contributed by atoms with Crippen LogP contribution >= 0.6 is 27.5 Å². The van der Waals surface area contributed by atoms with E-state index in [0.717, 1.165) is 8.78 Å². The molecule has 3 aromatic carbocycles. The highest BCUT2D eigenvalue weighted by molar-refractivity contribution is 9.10. The molecule has 0 spiro atoms. The van der Waals surface area contributed by atoms with E-state index >= 15 is 0 Å². The van der Waals surface area contributed by atoms with Crippen LogP contribution in [0.1, 0.15) is 5.56 Å². The van der Waals surface area contributed by atoms with Crippen LogP contribution in [-0.4, -0.2) is 35.1 Å². The summed E-state index contributed by atoms with van der Waals surface area (Å²) in [7, 11) is -1.28. The number of hydrogen-bond donors (Lipinski definition) is 1. The Labute approximate surface area is 212 Å². The lowest BCUT2D eigenvalue weighted by molar-refractivity contribution is 0.354. The fraction of sp³-hybridized carbons (Fsp3) is 0.167. The van der Waals surface area contributed by atoms with Gasteiger partial charge >= 0.3 is 0 Å². The largest absolute Gasteiger partial charge is 0.493 e. The molecule has 0 saturated heterocycles. The quantitative estimate of drug-likeness (QED) is 0.347. The summed E-state index contributed by atoms with van der Waals surface area (Å²) in [5, 5.41) is 3.30. The van der Waals surface area contributed by atoms with E-state index in [-0.39, 0.29) is 22.9 Å². The van der Waals surface area contributed by atoms with Crippen LogP contribution in [0.3, 0.4) is 0 Å². The number of ether oxygens (including phenoxy) is 2. The molecule has 178 valence electrons. The maximum atomic E-state index is 13.8. The standard InChI is InChI=1S/C24H22BrClN2O5S/c1-16-4-7-18(26)12-22(16)28(14-20(15-29)27-19-8-5-17(25)6-9-19)34(30,31)21-10-11-23(32-2)24(13-21)33-3/h4-13,27H,14H2,1-3H3. The predicted molar refractivity (Wildman–Crippen MR) is 137 cm³/mol. The Kier molecular flexibility index (Phi) is 8.28. The van der Waals surface area contributed by atoms with Gasteiger partial charge in [0.1, 0.15) is 11.6 Å². The molecule has 3 rings (SSSR count). The van der Waals surface area contributed by atoms with E-state index in [1.165, 1.54) is 38.5 Å². The van der Waals surface area contributed by atoms with Crippen LogP contribution in [0.15, 0.2) is 75.7 Å². The molecule has 0 aliphatic carbocycles. The topological polar surface area (TPSA) is 84.9 Å². The first-order valence-corrected chi connectivity index (χ1v) is 12.6. The molecule has 0 fully saturated rings. The molecule has 0 bridgehead atoms. The number of nitrogens with one attached hydrogen (secondary N) is 1. The summed E-state index contributed by atoms with van der Waals surface area (Å²) >= 11 is 9.55. The Balaban J connectivity index is 2.09. The molecule has 0 aliphatic heterocycles. The van der Waals surface area contributed by atoms with Crippen molar-refractivity contribution >= 4 is 54.9 Å². The third-order valence-corrected chi connectivity index (χ3v) is 7.47. The zero-order valence-electron chi connectivity index (χ0n) is 18.6. The lowest BCUT2D eigenvalue weighted by Gasteiger charge is -2.27. The van der Waals surface area contributed by atoms with Gasteiger partial charge in [0.15, 0.2) is 11.5 Å². The lowest BCUT2D eigenvalue weighted by atomic mass is 10.2. The predicted octanol–water partition coefficient (Wildman–Crippen LogP) is 5.45. The fourth-order valence-corrected chi connectivity index (χ4v) is 5.14. The van der Waals surface area contributed by atoms with Crippen molar-refractivity contribution in [2.75, 3.05) is 30.4 Å².